The lowest BCUT2D eigenvalue weighted by molar-refractivity contribution is -0.117. The van der Waals surface area contributed by atoms with E-state index in [1.807, 2.05) is 6.92 Å². The van der Waals surface area contributed by atoms with E-state index in [0.29, 0.717) is 24.5 Å². The molecular weight excluding hydrogens is 224 g/mol. The maximum atomic E-state index is 12.4. The molecule has 0 saturated heterocycles. The van der Waals surface area contributed by atoms with Crippen LogP contribution in [-0.4, -0.2) is 11.6 Å². The molecule has 0 aliphatic heterocycles. The Hall–Kier alpha value is -1.18. The summed E-state index contributed by atoms with van der Waals surface area (Å²) in [4.78, 5) is 24.2. The Bertz CT molecular complexity index is 467. The number of Topliss-reactive ketones (excluding diaryl/α,β-unsaturated/α-hetero) is 2. The number of hydrogen-bond acceptors (Lipinski definition) is 2. The number of rotatable bonds is 0. The Labute approximate surface area is 108 Å². The minimum absolute atomic E-state index is 0.216. The van der Waals surface area contributed by atoms with E-state index in [-0.39, 0.29) is 11.7 Å². The topological polar surface area (TPSA) is 34.1 Å². The highest BCUT2D eigenvalue weighted by atomic mass is 16.1. The minimum atomic E-state index is 0.216. The van der Waals surface area contributed by atoms with Crippen molar-refractivity contribution >= 4 is 11.6 Å². The third-order valence-electron chi connectivity index (χ3n) is 4.90. The lowest BCUT2D eigenvalue weighted by atomic mass is 9.75. The van der Waals surface area contributed by atoms with Gasteiger partial charge in [-0.25, -0.2) is 0 Å². The van der Waals surface area contributed by atoms with Crippen LogP contribution in [-0.2, 0) is 9.59 Å². The van der Waals surface area contributed by atoms with Crippen molar-refractivity contribution in [1.82, 2.24) is 0 Å². The smallest absolute Gasteiger partial charge is 0.159 e. The molecule has 0 bridgehead atoms. The summed E-state index contributed by atoms with van der Waals surface area (Å²) >= 11 is 0. The number of fused-ring (bicyclic) bond motifs is 2. The average Bonchev–Trinajstić information content (AvgIpc) is 2.61. The summed E-state index contributed by atoms with van der Waals surface area (Å²) < 4.78 is 0. The fourth-order valence-corrected chi connectivity index (χ4v) is 3.83. The maximum Gasteiger partial charge on any atom is 0.159 e. The van der Waals surface area contributed by atoms with Crippen molar-refractivity contribution < 1.29 is 9.59 Å². The van der Waals surface area contributed by atoms with Crippen molar-refractivity contribution in [2.45, 2.75) is 51.9 Å². The lowest BCUT2D eigenvalue weighted by Crippen LogP contribution is -2.22. The summed E-state index contributed by atoms with van der Waals surface area (Å²) in [5.74, 6) is 1.25. The molecule has 0 aromatic carbocycles. The van der Waals surface area contributed by atoms with Gasteiger partial charge in [0.05, 0.1) is 0 Å². The Morgan fingerprint density at radius 2 is 1.83 bits per heavy atom. The van der Waals surface area contributed by atoms with Gasteiger partial charge in [0.25, 0.3) is 0 Å². The van der Waals surface area contributed by atoms with Gasteiger partial charge >= 0.3 is 0 Å². The van der Waals surface area contributed by atoms with Crippen molar-refractivity contribution in [1.29, 1.82) is 0 Å². The molecule has 0 radical (unpaired) electrons. The van der Waals surface area contributed by atoms with Crippen LogP contribution >= 0.6 is 0 Å². The second kappa shape index (κ2) is 4.49. The highest BCUT2D eigenvalue weighted by molar-refractivity contribution is 6.01. The first-order valence-electron chi connectivity index (χ1n) is 7.13. The fraction of sp³-hybridized carbons (Fsp3) is 0.625. The molecule has 0 N–H and O–H groups in total. The standard InChI is InChI=1S/C16H20O2/c1-10-13-7-6-11-4-2-3-5-14(11)16(18)9-12(13)8-15(10)17/h5,11-12H,2-4,6-9H2,1H3/t11-,12-/m1/s1. The molecule has 1 fully saturated rings. The normalized spacial score (nSPS) is 32.6. The molecule has 0 spiro atoms. The monoisotopic (exact) mass is 244 g/mol. The van der Waals surface area contributed by atoms with Crippen molar-refractivity contribution in [2.24, 2.45) is 11.8 Å². The molecule has 18 heavy (non-hydrogen) atoms. The van der Waals surface area contributed by atoms with Gasteiger partial charge in [-0.3, -0.25) is 9.59 Å². The van der Waals surface area contributed by atoms with Crippen LogP contribution in [0, 0.1) is 11.8 Å². The first-order valence-corrected chi connectivity index (χ1v) is 7.13. The number of ketones is 2. The molecule has 96 valence electrons. The summed E-state index contributed by atoms with van der Waals surface area (Å²) in [7, 11) is 0. The Morgan fingerprint density at radius 1 is 1.06 bits per heavy atom. The van der Waals surface area contributed by atoms with E-state index < -0.39 is 0 Å². The van der Waals surface area contributed by atoms with Gasteiger partial charge in [-0.2, -0.15) is 0 Å². The van der Waals surface area contributed by atoms with Gasteiger partial charge in [0.1, 0.15) is 0 Å². The second-order valence-corrected chi connectivity index (χ2v) is 5.93. The van der Waals surface area contributed by atoms with Crippen molar-refractivity contribution in [3.63, 3.8) is 0 Å². The van der Waals surface area contributed by atoms with Crippen LogP contribution in [0.2, 0.25) is 0 Å². The van der Waals surface area contributed by atoms with Crippen LogP contribution in [0.3, 0.4) is 0 Å². The van der Waals surface area contributed by atoms with Crippen LogP contribution < -0.4 is 0 Å². The van der Waals surface area contributed by atoms with Gasteiger partial charge < -0.3 is 0 Å². The van der Waals surface area contributed by atoms with Crippen LogP contribution in [0.5, 0.6) is 0 Å². The van der Waals surface area contributed by atoms with Gasteiger partial charge in [0.15, 0.2) is 11.6 Å². The van der Waals surface area contributed by atoms with Crippen LogP contribution in [0.1, 0.15) is 51.9 Å². The molecular formula is C16H20O2. The lowest BCUT2D eigenvalue weighted by Gasteiger charge is -2.28. The summed E-state index contributed by atoms with van der Waals surface area (Å²) in [5, 5.41) is 0. The van der Waals surface area contributed by atoms with Crippen molar-refractivity contribution in [3.05, 3.63) is 22.8 Å². The van der Waals surface area contributed by atoms with E-state index >= 15 is 0 Å². The zero-order valence-corrected chi connectivity index (χ0v) is 11.0. The molecule has 2 nitrogen and oxygen atoms in total. The van der Waals surface area contributed by atoms with Gasteiger partial charge in [0.2, 0.25) is 0 Å². The van der Waals surface area contributed by atoms with Crippen LogP contribution in [0.4, 0.5) is 0 Å². The molecule has 1 saturated carbocycles. The highest BCUT2D eigenvalue weighted by Gasteiger charge is 2.35. The highest BCUT2D eigenvalue weighted by Crippen LogP contribution is 2.41. The fourth-order valence-electron chi connectivity index (χ4n) is 3.83. The third-order valence-corrected chi connectivity index (χ3v) is 4.90. The molecule has 3 aliphatic rings. The zero-order valence-electron chi connectivity index (χ0n) is 11.0. The summed E-state index contributed by atoms with van der Waals surface area (Å²) in [6, 6.07) is 0. The predicted octanol–water partition coefficient (Wildman–Crippen LogP) is 3.37. The molecule has 0 aromatic heterocycles. The van der Waals surface area contributed by atoms with E-state index in [0.717, 1.165) is 36.8 Å². The van der Waals surface area contributed by atoms with Gasteiger partial charge in [-0.05, 0) is 62.0 Å². The van der Waals surface area contributed by atoms with E-state index in [4.69, 9.17) is 0 Å². The number of allylic oxidation sites excluding steroid dienone is 4. The molecule has 3 rings (SSSR count). The van der Waals surface area contributed by atoms with Gasteiger partial charge in [-0.15, -0.1) is 0 Å². The largest absolute Gasteiger partial charge is 0.295 e. The molecule has 3 aliphatic carbocycles. The minimum Gasteiger partial charge on any atom is -0.295 e. The van der Waals surface area contributed by atoms with Gasteiger partial charge in [0, 0.05) is 12.8 Å². The number of carbonyl (C=O) groups excluding carboxylic acids is 2. The SMILES string of the molecule is CC1=C2CC[C@H]3CCCC=C3C(=O)C[C@H]2CC1=O. The second-order valence-electron chi connectivity index (χ2n) is 5.93. The maximum absolute atomic E-state index is 12.4. The third kappa shape index (κ3) is 1.88. The number of carbonyl (C=O) groups is 2. The quantitative estimate of drug-likeness (QED) is 0.654. The zero-order chi connectivity index (χ0) is 12.7. The Balaban J connectivity index is 1.91. The van der Waals surface area contributed by atoms with Crippen molar-refractivity contribution in [2.75, 3.05) is 0 Å². The summed E-state index contributed by atoms with van der Waals surface area (Å²) in [5.41, 5.74) is 3.33. The first kappa shape index (κ1) is 11.9. The molecule has 0 amide bonds. The van der Waals surface area contributed by atoms with Crippen LogP contribution in [0.15, 0.2) is 22.8 Å². The molecule has 0 unspecified atom stereocenters. The molecule has 2 atom stereocenters. The molecule has 0 heterocycles. The van der Waals surface area contributed by atoms with E-state index in [2.05, 4.69) is 6.08 Å². The van der Waals surface area contributed by atoms with E-state index in [1.54, 1.807) is 0 Å². The van der Waals surface area contributed by atoms with Gasteiger partial charge in [-0.1, -0.05) is 11.6 Å². The van der Waals surface area contributed by atoms with Crippen molar-refractivity contribution in [3.8, 4) is 0 Å². The average molecular weight is 244 g/mol. The predicted molar refractivity (Wildman–Crippen MR) is 70.1 cm³/mol. The summed E-state index contributed by atoms with van der Waals surface area (Å²) in [6.45, 7) is 1.95. The van der Waals surface area contributed by atoms with Crippen LogP contribution in [0.25, 0.3) is 0 Å². The Kier molecular flexibility index (Phi) is 2.96. The molecule has 2 heteroatoms. The molecule has 0 aromatic rings. The first-order chi connectivity index (χ1) is 8.66. The Morgan fingerprint density at radius 3 is 2.67 bits per heavy atom. The van der Waals surface area contributed by atoms with E-state index in [9.17, 15) is 9.59 Å². The summed E-state index contributed by atoms with van der Waals surface area (Å²) in [6.07, 6.45) is 8.82. The van der Waals surface area contributed by atoms with E-state index in [1.165, 1.54) is 12.0 Å². The number of hydrogen-bond donors (Lipinski definition) is 0.